The van der Waals surface area contributed by atoms with Crippen molar-refractivity contribution in [3.8, 4) is 17.0 Å². The average molecular weight is 417 g/mol. The van der Waals surface area contributed by atoms with Crippen molar-refractivity contribution in [1.29, 1.82) is 0 Å². The van der Waals surface area contributed by atoms with Crippen LogP contribution in [0.3, 0.4) is 0 Å². The Labute approximate surface area is 169 Å². The Bertz CT molecular complexity index is 1140. The predicted molar refractivity (Wildman–Crippen MR) is 104 cm³/mol. The Balaban J connectivity index is 1.79. The SMILES string of the molecule is CC1(Nc2nnc(-c3ccc(C(F)(F)F)cc3O)c3ccncc23)CCCNC1=O. The number of benzene rings is 1. The van der Waals surface area contributed by atoms with E-state index in [0.717, 1.165) is 18.6 Å². The molecule has 30 heavy (non-hydrogen) atoms. The van der Waals surface area contributed by atoms with E-state index in [9.17, 15) is 23.1 Å². The summed E-state index contributed by atoms with van der Waals surface area (Å²) in [6, 6.07) is 4.32. The maximum Gasteiger partial charge on any atom is 0.416 e. The fourth-order valence-electron chi connectivity index (χ4n) is 3.53. The highest BCUT2D eigenvalue weighted by molar-refractivity contribution is 6.01. The molecule has 1 saturated heterocycles. The van der Waals surface area contributed by atoms with Crippen LogP contribution in [0.4, 0.5) is 19.0 Å². The van der Waals surface area contributed by atoms with Gasteiger partial charge in [-0.3, -0.25) is 9.78 Å². The highest BCUT2D eigenvalue weighted by atomic mass is 19.4. The summed E-state index contributed by atoms with van der Waals surface area (Å²) in [5, 5.41) is 25.5. The number of fused-ring (bicyclic) bond motifs is 1. The van der Waals surface area contributed by atoms with Gasteiger partial charge < -0.3 is 15.7 Å². The predicted octanol–water partition coefficient (Wildman–Crippen LogP) is 3.50. The first kappa shape index (κ1) is 19.9. The van der Waals surface area contributed by atoms with Gasteiger partial charge in [0.15, 0.2) is 5.82 Å². The van der Waals surface area contributed by atoms with Crippen molar-refractivity contribution in [2.24, 2.45) is 0 Å². The lowest BCUT2D eigenvalue weighted by atomic mass is 9.91. The second-order valence-electron chi connectivity index (χ2n) is 7.36. The van der Waals surface area contributed by atoms with Crippen LogP contribution in [0, 0.1) is 0 Å². The Morgan fingerprint density at radius 3 is 2.70 bits per heavy atom. The number of piperidine rings is 1. The Kier molecular flexibility index (Phi) is 4.71. The van der Waals surface area contributed by atoms with Gasteiger partial charge in [0.2, 0.25) is 5.91 Å². The molecule has 0 radical (unpaired) electrons. The number of aromatic nitrogens is 3. The summed E-state index contributed by atoms with van der Waals surface area (Å²) in [6.45, 7) is 2.37. The van der Waals surface area contributed by atoms with E-state index >= 15 is 0 Å². The molecular weight excluding hydrogens is 399 g/mol. The third-order valence-corrected chi connectivity index (χ3v) is 5.20. The molecule has 4 rings (SSSR count). The molecule has 3 aromatic rings. The first-order valence-corrected chi connectivity index (χ1v) is 9.26. The Hall–Kier alpha value is -3.43. The van der Waals surface area contributed by atoms with Crippen LogP contribution in [0.2, 0.25) is 0 Å². The van der Waals surface area contributed by atoms with Crippen LogP contribution in [0.15, 0.2) is 36.7 Å². The molecular formula is C20H18F3N5O2. The topological polar surface area (TPSA) is 100 Å². The summed E-state index contributed by atoms with van der Waals surface area (Å²) in [5.74, 6) is -0.388. The second kappa shape index (κ2) is 7.12. The molecule has 1 amide bonds. The summed E-state index contributed by atoms with van der Waals surface area (Å²) in [7, 11) is 0. The first-order chi connectivity index (χ1) is 14.2. The number of phenols is 1. The van der Waals surface area contributed by atoms with Crippen molar-refractivity contribution in [3.63, 3.8) is 0 Å². The zero-order valence-electron chi connectivity index (χ0n) is 15.9. The summed E-state index contributed by atoms with van der Waals surface area (Å²) in [5.41, 5.74) is -1.52. The van der Waals surface area contributed by atoms with Crippen LogP contribution in [-0.2, 0) is 11.0 Å². The number of alkyl halides is 3. The highest BCUT2D eigenvalue weighted by Crippen LogP contribution is 2.39. The molecule has 1 atom stereocenters. The number of hydrogen-bond acceptors (Lipinski definition) is 6. The van der Waals surface area contributed by atoms with E-state index in [0.29, 0.717) is 35.6 Å². The number of pyridine rings is 1. The van der Waals surface area contributed by atoms with E-state index in [2.05, 4.69) is 25.8 Å². The third kappa shape index (κ3) is 3.49. The number of nitrogens with zero attached hydrogens (tertiary/aromatic N) is 3. The summed E-state index contributed by atoms with van der Waals surface area (Å²) >= 11 is 0. The third-order valence-electron chi connectivity index (χ3n) is 5.20. The van der Waals surface area contributed by atoms with Gasteiger partial charge in [-0.2, -0.15) is 13.2 Å². The van der Waals surface area contributed by atoms with Crippen LogP contribution < -0.4 is 10.6 Å². The maximum atomic E-state index is 12.9. The minimum absolute atomic E-state index is 0.111. The number of carbonyl (C=O) groups excluding carboxylic acids is 1. The van der Waals surface area contributed by atoms with Crippen molar-refractivity contribution >= 4 is 22.5 Å². The summed E-state index contributed by atoms with van der Waals surface area (Å²) in [4.78, 5) is 16.4. The lowest BCUT2D eigenvalue weighted by Gasteiger charge is -2.33. The quantitative estimate of drug-likeness (QED) is 0.603. The number of nitrogens with one attached hydrogen (secondary N) is 2. The number of halogens is 3. The van der Waals surface area contributed by atoms with Gasteiger partial charge in [0.25, 0.3) is 0 Å². The van der Waals surface area contributed by atoms with Gasteiger partial charge in [-0.25, -0.2) is 0 Å². The highest BCUT2D eigenvalue weighted by Gasteiger charge is 2.36. The van der Waals surface area contributed by atoms with Crippen molar-refractivity contribution < 1.29 is 23.1 Å². The molecule has 1 aromatic carbocycles. The standard InChI is InChI=1S/C20H18F3N5O2/c1-19(6-2-7-25-18(19)30)26-17-14-10-24-8-5-12(14)16(27-28-17)13-4-3-11(9-15(13)29)20(21,22)23/h3-5,8-10,29H,2,6-7H2,1H3,(H,25,30)(H,26,28). The molecule has 3 heterocycles. The molecule has 0 spiro atoms. The lowest BCUT2D eigenvalue weighted by Crippen LogP contribution is -2.54. The number of phenolic OH excluding ortho intramolecular Hbond substituents is 1. The molecule has 7 nitrogen and oxygen atoms in total. The van der Waals surface area contributed by atoms with Crippen LogP contribution in [0.25, 0.3) is 22.0 Å². The van der Waals surface area contributed by atoms with Gasteiger partial charge >= 0.3 is 6.18 Å². The number of aromatic hydroxyl groups is 1. The second-order valence-corrected chi connectivity index (χ2v) is 7.36. The first-order valence-electron chi connectivity index (χ1n) is 9.26. The van der Waals surface area contributed by atoms with Crippen LogP contribution in [0.5, 0.6) is 5.75 Å². The number of anilines is 1. The van der Waals surface area contributed by atoms with Crippen LogP contribution >= 0.6 is 0 Å². The molecule has 2 aromatic heterocycles. The Morgan fingerprint density at radius 1 is 1.20 bits per heavy atom. The largest absolute Gasteiger partial charge is 0.507 e. The van der Waals surface area contributed by atoms with Crippen molar-refractivity contribution in [2.45, 2.75) is 31.5 Å². The number of carbonyl (C=O) groups is 1. The Morgan fingerprint density at radius 2 is 2.00 bits per heavy atom. The molecule has 156 valence electrons. The minimum atomic E-state index is -4.57. The van der Waals surface area contributed by atoms with Gasteiger partial charge in [-0.15, -0.1) is 10.2 Å². The molecule has 3 N–H and O–H groups in total. The van der Waals surface area contributed by atoms with Gasteiger partial charge in [0.1, 0.15) is 17.0 Å². The molecule has 1 aliphatic heterocycles. The number of rotatable bonds is 3. The van der Waals surface area contributed by atoms with Crippen molar-refractivity contribution in [3.05, 3.63) is 42.2 Å². The van der Waals surface area contributed by atoms with Crippen LogP contribution in [-0.4, -0.2) is 38.3 Å². The van der Waals surface area contributed by atoms with Gasteiger partial charge in [0, 0.05) is 35.3 Å². The lowest BCUT2D eigenvalue weighted by molar-refractivity contribution is -0.137. The number of amides is 1. The van der Waals surface area contributed by atoms with E-state index in [-0.39, 0.29) is 17.2 Å². The summed E-state index contributed by atoms with van der Waals surface area (Å²) < 4.78 is 38.7. The number of hydrogen-bond donors (Lipinski definition) is 3. The molecule has 1 fully saturated rings. The molecule has 0 saturated carbocycles. The van der Waals surface area contributed by atoms with E-state index < -0.39 is 23.0 Å². The molecule has 0 aliphatic carbocycles. The smallest absolute Gasteiger partial charge is 0.416 e. The molecule has 1 aliphatic rings. The van der Waals surface area contributed by atoms with Crippen LogP contribution in [0.1, 0.15) is 25.3 Å². The summed E-state index contributed by atoms with van der Waals surface area (Å²) in [6.07, 6.45) is -0.133. The fourth-order valence-corrected chi connectivity index (χ4v) is 3.53. The van der Waals surface area contributed by atoms with E-state index in [4.69, 9.17) is 0 Å². The normalized spacial score (nSPS) is 19.5. The fraction of sp³-hybridized carbons (Fsp3) is 0.300. The average Bonchev–Trinajstić information content (AvgIpc) is 2.70. The van der Waals surface area contributed by atoms with E-state index in [1.54, 1.807) is 13.0 Å². The maximum absolute atomic E-state index is 12.9. The molecule has 0 bridgehead atoms. The monoisotopic (exact) mass is 417 g/mol. The van der Waals surface area contributed by atoms with Gasteiger partial charge in [0.05, 0.1) is 5.56 Å². The molecule has 1 unspecified atom stereocenters. The van der Waals surface area contributed by atoms with Gasteiger partial charge in [-0.05, 0) is 44.0 Å². The van der Waals surface area contributed by atoms with Crippen molar-refractivity contribution in [1.82, 2.24) is 20.5 Å². The zero-order valence-corrected chi connectivity index (χ0v) is 15.9. The van der Waals surface area contributed by atoms with Gasteiger partial charge in [-0.1, -0.05) is 0 Å². The van der Waals surface area contributed by atoms with E-state index in [1.807, 2.05) is 0 Å². The van der Waals surface area contributed by atoms with E-state index in [1.165, 1.54) is 12.4 Å². The minimum Gasteiger partial charge on any atom is -0.507 e. The molecule has 10 heteroatoms. The zero-order chi connectivity index (χ0) is 21.5. The van der Waals surface area contributed by atoms with Crippen molar-refractivity contribution in [2.75, 3.05) is 11.9 Å².